The summed E-state index contributed by atoms with van der Waals surface area (Å²) in [6, 6.07) is -0.342. The lowest BCUT2D eigenvalue weighted by Crippen LogP contribution is -2.44. The molecule has 4 nitrogen and oxygen atoms in total. The van der Waals surface area contributed by atoms with Crippen molar-refractivity contribution >= 4 is 11.8 Å². The Morgan fingerprint density at radius 3 is 2.41 bits per heavy atom. The lowest BCUT2D eigenvalue weighted by molar-refractivity contribution is -0.138. The number of hydrogen-bond donors (Lipinski definition) is 1. The monoisotopic (exact) mass is 238 g/mol. The third kappa shape index (κ3) is 2.99. The zero-order valence-electron chi connectivity index (χ0n) is 10.4. The zero-order valence-corrected chi connectivity index (χ0v) is 10.4. The number of primary amides is 1. The maximum absolute atomic E-state index is 12.1. The van der Waals surface area contributed by atoms with Crippen LogP contribution in [-0.4, -0.2) is 29.3 Å². The Labute approximate surface area is 103 Å². The summed E-state index contributed by atoms with van der Waals surface area (Å²) >= 11 is 0. The van der Waals surface area contributed by atoms with Crippen molar-refractivity contribution in [2.75, 3.05) is 6.54 Å². The minimum absolute atomic E-state index is 0.137. The maximum Gasteiger partial charge on any atom is 0.240 e. The first kappa shape index (κ1) is 12.4. The van der Waals surface area contributed by atoms with Crippen LogP contribution in [0.4, 0.5) is 0 Å². The van der Waals surface area contributed by atoms with Gasteiger partial charge in [0.25, 0.3) is 0 Å². The standard InChI is InChI=1S/C13H22N2O2/c14-13(17)11-7-4-8-15(11)12(16)9-10-5-2-1-3-6-10/h10-11H,1-9H2,(H2,14,17)/t11-/m1/s1. The van der Waals surface area contributed by atoms with E-state index in [1.54, 1.807) is 4.90 Å². The predicted octanol–water partition coefficient (Wildman–Crippen LogP) is 1.43. The van der Waals surface area contributed by atoms with Gasteiger partial charge in [-0.3, -0.25) is 9.59 Å². The van der Waals surface area contributed by atoms with Crippen LogP contribution in [0.15, 0.2) is 0 Å². The Hall–Kier alpha value is -1.06. The molecule has 1 aliphatic heterocycles. The predicted molar refractivity (Wildman–Crippen MR) is 65.1 cm³/mol. The van der Waals surface area contributed by atoms with E-state index in [9.17, 15) is 9.59 Å². The Morgan fingerprint density at radius 1 is 1.06 bits per heavy atom. The average molecular weight is 238 g/mol. The van der Waals surface area contributed by atoms with Crippen molar-refractivity contribution in [3.63, 3.8) is 0 Å². The molecule has 0 unspecified atom stereocenters. The number of hydrogen-bond acceptors (Lipinski definition) is 2. The SMILES string of the molecule is NC(=O)[C@H]1CCCN1C(=O)CC1CCCCC1. The first-order valence-electron chi connectivity index (χ1n) is 6.77. The molecule has 96 valence electrons. The molecule has 2 fully saturated rings. The van der Waals surface area contributed by atoms with Gasteiger partial charge >= 0.3 is 0 Å². The minimum Gasteiger partial charge on any atom is -0.368 e. The van der Waals surface area contributed by atoms with Gasteiger partial charge in [-0.25, -0.2) is 0 Å². The molecule has 2 rings (SSSR count). The van der Waals surface area contributed by atoms with E-state index in [-0.39, 0.29) is 17.9 Å². The van der Waals surface area contributed by atoms with Crippen molar-refractivity contribution in [2.45, 2.75) is 57.4 Å². The highest BCUT2D eigenvalue weighted by Gasteiger charge is 2.33. The number of carbonyl (C=O) groups excluding carboxylic acids is 2. The number of nitrogens with zero attached hydrogens (tertiary/aromatic N) is 1. The van der Waals surface area contributed by atoms with Gasteiger partial charge in [0.1, 0.15) is 6.04 Å². The molecule has 0 aromatic heterocycles. The highest BCUT2D eigenvalue weighted by Crippen LogP contribution is 2.28. The van der Waals surface area contributed by atoms with Crippen LogP contribution in [0.25, 0.3) is 0 Å². The molecule has 1 heterocycles. The normalized spacial score (nSPS) is 26.1. The fourth-order valence-electron chi connectivity index (χ4n) is 3.12. The van der Waals surface area contributed by atoms with Gasteiger partial charge in [-0.1, -0.05) is 19.3 Å². The molecule has 0 aromatic rings. The number of rotatable bonds is 3. The first-order chi connectivity index (χ1) is 8.18. The summed E-state index contributed by atoms with van der Waals surface area (Å²) in [4.78, 5) is 25.1. The molecule has 2 amide bonds. The molecule has 0 aromatic carbocycles. The van der Waals surface area contributed by atoms with Crippen LogP contribution in [0.3, 0.4) is 0 Å². The largest absolute Gasteiger partial charge is 0.368 e. The quantitative estimate of drug-likeness (QED) is 0.808. The van der Waals surface area contributed by atoms with Crippen molar-refractivity contribution in [3.05, 3.63) is 0 Å². The third-order valence-corrected chi connectivity index (χ3v) is 4.09. The van der Waals surface area contributed by atoms with Gasteiger partial charge in [-0.2, -0.15) is 0 Å². The van der Waals surface area contributed by atoms with Gasteiger partial charge in [0.05, 0.1) is 0 Å². The number of nitrogens with two attached hydrogens (primary N) is 1. The van der Waals surface area contributed by atoms with E-state index in [0.29, 0.717) is 18.9 Å². The molecule has 1 saturated carbocycles. The van der Waals surface area contributed by atoms with Gasteiger partial charge < -0.3 is 10.6 Å². The fraction of sp³-hybridized carbons (Fsp3) is 0.846. The molecule has 1 aliphatic carbocycles. The minimum atomic E-state index is -0.348. The molecule has 0 bridgehead atoms. The lowest BCUT2D eigenvalue weighted by atomic mass is 9.86. The van der Waals surface area contributed by atoms with Crippen molar-refractivity contribution in [1.82, 2.24) is 4.90 Å². The van der Waals surface area contributed by atoms with Crippen LogP contribution in [0.1, 0.15) is 51.4 Å². The van der Waals surface area contributed by atoms with E-state index in [0.717, 1.165) is 12.8 Å². The van der Waals surface area contributed by atoms with Gasteiger partial charge in [0.15, 0.2) is 0 Å². The van der Waals surface area contributed by atoms with Crippen molar-refractivity contribution in [1.29, 1.82) is 0 Å². The highest BCUT2D eigenvalue weighted by atomic mass is 16.2. The smallest absolute Gasteiger partial charge is 0.240 e. The number of likely N-dealkylation sites (tertiary alicyclic amines) is 1. The molecular weight excluding hydrogens is 216 g/mol. The van der Waals surface area contributed by atoms with Crippen LogP contribution >= 0.6 is 0 Å². The molecular formula is C13H22N2O2. The molecule has 1 saturated heterocycles. The van der Waals surface area contributed by atoms with Crippen molar-refractivity contribution < 1.29 is 9.59 Å². The average Bonchev–Trinajstić information content (AvgIpc) is 2.79. The van der Waals surface area contributed by atoms with Crippen LogP contribution in [0, 0.1) is 5.92 Å². The van der Waals surface area contributed by atoms with Gasteiger partial charge in [0, 0.05) is 13.0 Å². The Morgan fingerprint density at radius 2 is 1.76 bits per heavy atom. The summed E-state index contributed by atoms with van der Waals surface area (Å²) in [5.74, 6) is 0.322. The van der Waals surface area contributed by atoms with Crippen LogP contribution < -0.4 is 5.73 Å². The van der Waals surface area contributed by atoms with Crippen LogP contribution in [0.2, 0.25) is 0 Å². The van der Waals surface area contributed by atoms with Crippen molar-refractivity contribution in [2.24, 2.45) is 11.7 Å². The summed E-state index contributed by atoms with van der Waals surface area (Å²) in [6.45, 7) is 0.708. The summed E-state index contributed by atoms with van der Waals surface area (Å²) in [5.41, 5.74) is 5.33. The van der Waals surface area contributed by atoms with Crippen LogP contribution in [0.5, 0.6) is 0 Å². The van der Waals surface area contributed by atoms with E-state index < -0.39 is 0 Å². The van der Waals surface area contributed by atoms with E-state index in [1.165, 1.54) is 32.1 Å². The second-order valence-electron chi connectivity index (χ2n) is 5.36. The Bertz CT molecular complexity index is 298. The summed E-state index contributed by atoms with van der Waals surface area (Å²) in [6.07, 6.45) is 8.40. The van der Waals surface area contributed by atoms with Crippen LogP contribution in [-0.2, 0) is 9.59 Å². The maximum atomic E-state index is 12.1. The first-order valence-corrected chi connectivity index (χ1v) is 6.77. The van der Waals surface area contributed by atoms with E-state index in [4.69, 9.17) is 5.73 Å². The molecule has 2 N–H and O–H groups in total. The number of carbonyl (C=O) groups is 2. The second-order valence-corrected chi connectivity index (χ2v) is 5.36. The van der Waals surface area contributed by atoms with E-state index in [2.05, 4.69) is 0 Å². The van der Waals surface area contributed by atoms with Gasteiger partial charge in [0.2, 0.25) is 11.8 Å². The lowest BCUT2D eigenvalue weighted by Gasteiger charge is -2.26. The fourth-order valence-corrected chi connectivity index (χ4v) is 3.12. The summed E-state index contributed by atoms with van der Waals surface area (Å²) in [7, 11) is 0. The third-order valence-electron chi connectivity index (χ3n) is 4.09. The molecule has 17 heavy (non-hydrogen) atoms. The molecule has 2 aliphatic rings. The van der Waals surface area contributed by atoms with Crippen molar-refractivity contribution in [3.8, 4) is 0 Å². The summed E-state index contributed by atoms with van der Waals surface area (Å²) < 4.78 is 0. The Kier molecular flexibility index (Phi) is 4.02. The molecule has 4 heteroatoms. The van der Waals surface area contributed by atoms with Gasteiger partial charge in [-0.05, 0) is 31.6 Å². The van der Waals surface area contributed by atoms with Gasteiger partial charge in [-0.15, -0.1) is 0 Å². The molecule has 0 spiro atoms. The summed E-state index contributed by atoms with van der Waals surface area (Å²) in [5, 5.41) is 0. The second kappa shape index (κ2) is 5.52. The molecule has 0 radical (unpaired) electrons. The van der Waals surface area contributed by atoms with E-state index in [1.807, 2.05) is 0 Å². The Balaban J connectivity index is 1.88. The molecule has 1 atom stereocenters. The van der Waals surface area contributed by atoms with E-state index >= 15 is 0 Å². The zero-order chi connectivity index (χ0) is 12.3. The number of amides is 2. The topological polar surface area (TPSA) is 63.4 Å². The highest BCUT2D eigenvalue weighted by molar-refractivity contribution is 5.87.